The summed E-state index contributed by atoms with van der Waals surface area (Å²) in [6.45, 7) is 1.99. The number of nitrogens with one attached hydrogen (secondary N) is 2. The summed E-state index contributed by atoms with van der Waals surface area (Å²) < 4.78 is 0.434. The van der Waals surface area contributed by atoms with Gasteiger partial charge in [0.15, 0.2) is 0 Å². The minimum Gasteiger partial charge on any atom is -0.508 e. The zero-order valence-electron chi connectivity index (χ0n) is 11.3. The largest absolute Gasteiger partial charge is 0.508 e. The molecule has 2 aliphatic rings. The molecule has 1 saturated heterocycles. The Bertz CT molecular complexity index is 565. The maximum Gasteiger partial charge on any atom is 0.270 e. The molecule has 2 heterocycles. The van der Waals surface area contributed by atoms with Gasteiger partial charge in [0.05, 0.1) is 0 Å². The van der Waals surface area contributed by atoms with Crippen LogP contribution in [0.4, 0.5) is 5.69 Å². The first kappa shape index (κ1) is 12.0. The quantitative estimate of drug-likeness (QED) is 0.552. The third-order valence-electron chi connectivity index (χ3n) is 3.50. The zero-order chi connectivity index (χ0) is 13.6. The van der Waals surface area contributed by atoms with E-state index >= 15 is 0 Å². The summed E-state index contributed by atoms with van der Waals surface area (Å²) in [6, 6.07) is 7.04. The molecule has 100 valence electrons. The molecule has 2 atom stereocenters. The molecule has 6 nitrogen and oxygen atoms in total. The Hall–Kier alpha value is -2.05. The van der Waals surface area contributed by atoms with Crippen molar-refractivity contribution in [2.24, 2.45) is 5.10 Å². The van der Waals surface area contributed by atoms with E-state index in [1.165, 1.54) is 0 Å². The van der Waals surface area contributed by atoms with Gasteiger partial charge in [-0.15, -0.1) is 9.60 Å². The minimum atomic E-state index is -0.0340. The van der Waals surface area contributed by atoms with E-state index in [1.807, 2.05) is 31.1 Å². The molecule has 2 unspecified atom stereocenters. The van der Waals surface area contributed by atoms with Crippen LogP contribution in [0, 0.1) is 0 Å². The smallest absolute Gasteiger partial charge is 0.270 e. The Balaban J connectivity index is 1.88. The second-order valence-corrected chi connectivity index (χ2v) is 5.08. The van der Waals surface area contributed by atoms with E-state index in [0.717, 1.165) is 17.2 Å². The Morgan fingerprint density at radius 3 is 2.74 bits per heavy atom. The van der Waals surface area contributed by atoms with Crippen LogP contribution in [-0.2, 0) is 0 Å². The minimum absolute atomic E-state index is 0.0340. The monoisotopic (exact) mass is 260 g/mol. The van der Waals surface area contributed by atoms with Gasteiger partial charge in [0.25, 0.3) is 6.29 Å². The summed E-state index contributed by atoms with van der Waals surface area (Å²) in [6.07, 6.45) is 2.02. The van der Waals surface area contributed by atoms with E-state index in [1.54, 1.807) is 12.1 Å². The van der Waals surface area contributed by atoms with Crippen LogP contribution in [0.15, 0.2) is 41.3 Å². The van der Waals surface area contributed by atoms with Gasteiger partial charge in [-0.3, -0.25) is 5.43 Å². The first-order valence-electron chi connectivity index (χ1n) is 6.19. The molecule has 1 aromatic carbocycles. The Kier molecular flexibility index (Phi) is 2.51. The summed E-state index contributed by atoms with van der Waals surface area (Å²) in [4.78, 5) is 0. The topological polar surface area (TPSA) is 59.9 Å². The SMILES string of the molecule is CC1=N[N+]2(C)C(=C1)NN(C)C2Nc1ccc(O)cc1. The van der Waals surface area contributed by atoms with E-state index in [2.05, 4.69) is 29.0 Å². The second-order valence-electron chi connectivity index (χ2n) is 5.08. The number of quaternary nitrogens is 1. The molecule has 0 radical (unpaired) electrons. The lowest BCUT2D eigenvalue weighted by molar-refractivity contribution is -0.895. The number of phenols is 1. The highest BCUT2D eigenvalue weighted by Gasteiger charge is 2.51. The predicted molar refractivity (Wildman–Crippen MR) is 73.8 cm³/mol. The van der Waals surface area contributed by atoms with Crippen LogP contribution in [0.25, 0.3) is 0 Å². The number of benzene rings is 1. The highest BCUT2D eigenvalue weighted by molar-refractivity contribution is 5.93. The van der Waals surface area contributed by atoms with Crippen LogP contribution < -0.4 is 10.7 Å². The van der Waals surface area contributed by atoms with Gasteiger partial charge >= 0.3 is 0 Å². The second kappa shape index (κ2) is 3.97. The summed E-state index contributed by atoms with van der Waals surface area (Å²) in [5.74, 6) is 1.32. The number of hydrogen-bond acceptors (Lipinski definition) is 5. The van der Waals surface area contributed by atoms with Gasteiger partial charge in [-0.2, -0.15) is 0 Å². The van der Waals surface area contributed by atoms with E-state index in [4.69, 9.17) is 0 Å². The van der Waals surface area contributed by atoms with E-state index in [0.29, 0.717) is 4.59 Å². The molecule has 1 aromatic rings. The van der Waals surface area contributed by atoms with Gasteiger partial charge < -0.3 is 10.4 Å². The summed E-state index contributed by atoms with van der Waals surface area (Å²) in [7, 11) is 4.03. The molecule has 1 fully saturated rings. The lowest BCUT2D eigenvalue weighted by Crippen LogP contribution is -2.51. The van der Waals surface area contributed by atoms with E-state index < -0.39 is 0 Å². The van der Waals surface area contributed by atoms with Crippen molar-refractivity contribution in [2.75, 3.05) is 19.4 Å². The average Bonchev–Trinajstić information content (AvgIpc) is 2.74. The molecule has 3 rings (SSSR count). The molecule has 6 heteroatoms. The van der Waals surface area contributed by atoms with Gasteiger partial charge in [0.2, 0.25) is 5.82 Å². The predicted octanol–water partition coefficient (Wildman–Crippen LogP) is 1.22. The fourth-order valence-electron chi connectivity index (χ4n) is 2.57. The van der Waals surface area contributed by atoms with Gasteiger partial charge in [-0.25, -0.2) is 0 Å². The van der Waals surface area contributed by atoms with Gasteiger partial charge in [0.1, 0.15) is 18.5 Å². The number of fused-ring (bicyclic) bond motifs is 1. The number of nitrogens with zero attached hydrogens (tertiary/aromatic N) is 3. The zero-order valence-corrected chi connectivity index (χ0v) is 11.3. The molecule has 0 amide bonds. The number of rotatable bonds is 2. The maximum absolute atomic E-state index is 9.32. The van der Waals surface area contributed by atoms with Gasteiger partial charge in [0, 0.05) is 18.8 Å². The molecular weight excluding hydrogens is 242 g/mol. The fourth-order valence-corrected chi connectivity index (χ4v) is 2.57. The lowest BCUT2D eigenvalue weighted by Gasteiger charge is -2.28. The van der Waals surface area contributed by atoms with Crippen molar-refractivity contribution in [1.82, 2.24) is 10.4 Å². The molecule has 19 heavy (non-hydrogen) atoms. The summed E-state index contributed by atoms with van der Waals surface area (Å²) in [5, 5.41) is 19.4. The molecule has 0 aromatic heterocycles. The lowest BCUT2D eigenvalue weighted by atomic mass is 10.3. The Morgan fingerprint density at radius 1 is 1.37 bits per heavy atom. The first-order valence-corrected chi connectivity index (χ1v) is 6.19. The molecule has 0 saturated carbocycles. The molecule has 3 N–H and O–H groups in total. The summed E-state index contributed by atoms with van der Waals surface area (Å²) in [5.41, 5.74) is 5.26. The van der Waals surface area contributed by atoms with Crippen LogP contribution in [0.5, 0.6) is 5.75 Å². The number of hydrazine groups is 1. The summed E-state index contributed by atoms with van der Waals surface area (Å²) >= 11 is 0. The highest BCUT2D eigenvalue weighted by atomic mass is 16.3. The number of hydrogen-bond donors (Lipinski definition) is 3. The van der Waals surface area contributed by atoms with Crippen LogP contribution in [0.1, 0.15) is 6.92 Å². The maximum atomic E-state index is 9.32. The van der Waals surface area contributed by atoms with Crippen molar-refractivity contribution in [3.05, 3.63) is 36.2 Å². The normalized spacial score (nSPS) is 29.5. The first-order chi connectivity index (χ1) is 8.99. The molecule has 0 aliphatic carbocycles. The number of aromatic hydroxyl groups is 1. The fraction of sp³-hybridized carbons (Fsp3) is 0.308. The van der Waals surface area contributed by atoms with Crippen LogP contribution in [0.3, 0.4) is 0 Å². The standard InChI is InChI=1S/C13H17N5O/c1-9-8-12-15-17(2)13(18(12,3)16-9)14-10-4-6-11(19)7-5-10/h4-8,13-14H,1-3H3,(H-,15,16,19)/p+1. The van der Waals surface area contributed by atoms with E-state index in [9.17, 15) is 5.11 Å². The number of anilines is 1. The van der Waals surface area contributed by atoms with Crippen molar-refractivity contribution in [3.63, 3.8) is 0 Å². The van der Waals surface area contributed by atoms with Crippen molar-refractivity contribution >= 4 is 11.4 Å². The Labute approximate surface area is 112 Å². The van der Waals surface area contributed by atoms with Crippen molar-refractivity contribution in [1.29, 1.82) is 0 Å². The number of phenolic OH excluding ortho intramolecular Hbond substituents is 1. The van der Waals surface area contributed by atoms with Crippen molar-refractivity contribution in [3.8, 4) is 5.75 Å². The van der Waals surface area contributed by atoms with Crippen LogP contribution >= 0.6 is 0 Å². The number of allylic oxidation sites excluding steroid dienone is 1. The van der Waals surface area contributed by atoms with Crippen molar-refractivity contribution < 1.29 is 9.70 Å². The van der Waals surface area contributed by atoms with Gasteiger partial charge in [-0.1, -0.05) is 5.10 Å². The van der Waals surface area contributed by atoms with Crippen LogP contribution in [0.2, 0.25) is 0 Å². The molecular formula is C13H18N5O+. The third kappa shape index (κ3) is 1.85. The van der Waals surface area contributed by atoms with Gasteiger partial charge in [-0.05, 0) is 31.2 Å². The Morgan fingerprint density at radius 2 is 2.05 bits per heavy atom. The molecule has 2 aliphatic heterocycles. The average molecular weight is 260 g/mol. The molecule has 0 spiro atoms. The molecule has 0 bridgehead atoms. The van der Waals surface area contributed by atoms with Crippen molar-refractivity contribution in [2.45, 2.75) is 13.2 Å². The highest BCUT2D eigenvalue weighted by Crippen LogP contribution is 2.32. The third-order valence-corrected chi connectivity index (χ3v) is 3.50. The van der Waals surface area contributed by atoms with Crippen LogP contribution in [-0.4, -0.2) is 40.8 Å². The van der Waals surface area contributed by atoms with E-state index in [-0.39, 0.29) is 12.0 Å².